The van der Waals surface area contributed by atoms with Crippen LogP contribution in [-0.4, -0.2) is 43.3 Å². The highest BCUT2D eigenvalue weighted by Crippen LogP contribution is 2.26. The second kappa shape index (κ2) is 6.58. The van der Waals surface area contributed by atoms with Crippen molar-refractivity contribution >= 4 is 43.0 Å². The Morgan fingerprint density at radius 3 is 2.75 bits per heavy atom. The van der Waals surface area contributed by atoms with Crippen molar-refractivity contribution in [1.29, 1.82) is 0 Å². The van der Waals surface area contributed by atoms with Gasteiger partial charge in [-0.2, -0.15) is 0 Å². The molecule has 0 bridgehead atoms. The molecule has 112 valence electrons. The molecule has 0 saturated carbocycles. The van der Waals surface area contributed by atoms with Crippen molar-refractivity contribution in [2.45, 2.75) is 32.2 Å². The highest BCUT2D eigenvalue weighted by atomic mass is 79.9. The van der Waals surface area contributed by atoms with Crippen LogP contribution in [0.2, 0.25) is 0 Å². The van der Waals surface area contributed by atoms with Crippen LogP contribution in [0.3, 0.4) is 0 Å². The molecule has 1 aliphatic rings. The summed E-state index contributed by atoms with van der Waals surface area (Å²) < 4.78 is 24.2. The molecule has 0 radical (unpaired) electrons. The minimum atomic E-state index is -2.98. The summed E-state index contributed by atoms with van der Waals surface area (Å²) in [4.78, 5) is 15.0. The van der Waals surface area contributed by atoms with E-state index in [1.54, 1.807) is 11.0 Å². The Morgan fingerprint density at radius 1 is 1.50 bits per heavy atom. The van der Waals surface area contributed by atoms with Crippen molar-refractivity contribution in [3.05, 3.63) is 20.8 Å². The number of carbonyl (C=O) groups excluding carboxylic acids is 1. The van der Waals surface area contributed by atoms with Crippen LogP contribution in [0.15, 0.2) is 15.9 Å². The molecule has 2 heterocycles. The number of carbonyl (C=O) groups is 1. The van der Waals surface area contributed by atoms with E-state index in [0.717, 1.165) is 16.6 Å². The first-order valence-electron chi connectivity index (χ1n) is 6.69. The summed E-state index contributed by atoms with van der Waals surface area (Å²) in [6.45, 7) is 2.70. The largest absolute Gasteiger partial charge is 0.334 e. The first-order valence-corrected chi connectivity index (χ1v) is 10.1. The van der Waals surface area contributed by atoms with Gasteiger partial charge < -0.3 is 4.90 Å². The van der Waals surface area contributed by atoms with Gasteiger partial charge >= 0.3 is 0 Å². The molecule has 1 amide bonds. The maximum Gasteiger partial charge on any atom is 0.264 e. The quantitative estimate of drug-likeness (QED) is 0.789. The third-order valence-corrected chi connectivity index (χ3v) is 6.81. The van der Waals surface area contributed by atoms with Crippen LogP contribution in [0, 0.1) is 0 Å². The fourth-order valence-corrected chi connectivity index (χ4v) is 5.44. The number of unbranched alkanes of at least 4 members (excludes halogenated alkanes) is 1. The minimum Gasteiger partial charge on any atom is -0.334 e. The fourth-order valence-electron chi connectivity index (χ4n) is 2.37. The predicted molar refractivity (Wildman–Crippen MR) is 85.0 cm³/mol. The lowest BCUT2D eigenvalue weighted by Gasteiger charge is -2.27. The summed E-state index contributed by atoms with van der Waals surface area (Å²) in [6, 6.07) is 3.47. The lowest BCUT2D eigenvalue weighted by molar-refractivity contribution is 0.0699. The summed E-state index contributed by atoms with van der Waals surface area (Å²) in [7, 11) is -2.98. The van der Waals surface area contributed by atoms with Gasteiger partial charge in [0.05, 0.1) is 20.2 Å². The van der Waals surface area contributed by atoms with Crippen LogP contribution in [0.5, 0.6) is 0 Å². The van der Waals surface area contributed by atoms with Crippen molar-refractivity contribution in [2.75, 3.05) is 18.1 Å². The van der Waals surface area contributed by atoms with E-state index in [-0.39, 0.29) is 23.5 Å². The van der Waals surface area contributed by atoms with Crippen LogP contribution in [0.4, 0.5) is 0 Å². The summed E-state index contributed by atoms with van der Waals surface area (Å²) >= 11 is 4.75. The van der Waals surface area contributed by atoms with E-state index in [2.05, 4.69) is 22.9 Å². The Bertz CT molecular complexity index is 582. The van der Waals surface area contributed by atoms with Gasteiger partial charge in [-0.1, -0.05) is 13.3 Å². The van der Waals surface area contributed by atoms with Crippen molar-refractivity contribution in [3.63, 3.8) is 0 Å². The SMILES string of the molecule is CCCCN(C(=O)c1ccc(Br)s1)C1CCS(=O)(=O)C1. The van der Waals surface area contributed by atoms with Gasteiger partial charge in [-0.25, -0.2) is 8.42 Å². The lowest BCUT2D eigenvalue weighted by Crippen LogP contribution is -2.41. The molecule has 1 aromatic rings. The molecule has 1 unspecified atom stereocenters. The molecule has 0 aliphatic carbocycles. The zero-order chi connectivity index (χ0) is 14.8. The number of sulfone groups is 1. The molecule has 1 aromatic heterocycles. The van der Waals surface area contributed by atoms with E-state index in [1.807, 2.05) is 6.07 Å². The Balaban J connectivity index is 2.17. The fraction of sp³-hybridized carbons (Fsp3) is 0.615. The van der Waals surface area contributed by atoms with E-state index in [0.29, 0.717) is 17.8 Å². The van der Waals surface area contributed by atoms with Crippen LogP contribution in [-0.2, 0) is 9.84 Å². The van der Waals surface area contributed by atoms with E-state index in [9.17, 15) is 13.2 Å². The Kier molecular flexibility index (Phi) is 5.25. The van der Waals surface area contributed by atoms with Gasteiger partial charge in [-0.3, -0.25) is 4.79 Å². The molecule has 7 heteroatoms. The highest BCUT2D eigenvalue weighted by molar-refractivity contribution is 9.11. The molecule has 2 rings (SSSR count). The standard InChI is InChI=1S/C13H18BrNO3S2/c1-2-3-7-15(10-6-8-20(17,18)9-10)13(16)11-4-5-12(14)19-11/h4-5,10H,2-3,6-9H2,1H3. The third-order valence-electron chi connectivity index (χ3n) is 3.45. The Labute approximate surface area is 132 Å². The molecular formula is C13H18BrNO3S2. The van der Waals surface area contributed by atoms with Crippen molar-refractivity contribution in [1.82, 2.24) is 4.90 Å². The van der Waals surface area contributed by atoms with Gasteiger partial charge in [0, 0.05) is 12.6 Å². The first-order chi connectivity index (χ1) is 9.43. The summed E-state index contributed by atoms with van der Waals surface area (Å²) in [6.07, 6.45) is 2.44. The number of hydrogen-bond donors (Lipinski definition) is 0. The Hall–Kier alpha value is -0.400. The minimum absolute atomic E-state index is 0.0451. The smallest absolute Gasteiger partial charge is 0.264 e. The molecule has 1 fully saturated rings. The van der Waals surface area contributed by atoms with Gasteiger partial charge in [0.1, 0.15) is 0 Å². The highest BCUT2D eigenvalue weighted by Gasteiger charge is 2.35. The molecule has 1 aliphatic heterocycles. The van der Waals surface area contributed by atoms with Crippen LogP contribution in [0.1, 0.15) is 35.9 Å². The zero-order valence-electron chi connectivity index (χ0n) is 11.3. The average Bonchev–Trinajstić information content (AvgIpc) is 2.96. The second-order valence-electron chi connectivity index (χ2n) is 5.01. The molecule has 0 aromatic carbocycles. The second-order valence-corrected chi connectivity index (χ2v) is 9.70. The van der Waals surface area contributed by atoms with Gasteiger partial charge in [0.2, 0.25) is 0 Å². The summed E-state index contributed by atoms with van der Waals surface area (Å²) in [5.41, 5.74) is 0. The van der Waals surface area contributed by atoms with E-state index < -0.39 is 9.84 Å². The number of nitrogens with zero attached hydrogens (tertiary/aromatic N) is 1. The lowest BCUT2D eigenvalue weighted by atomic mass is 10.2. The predicted octanol–water partition coefficient (Wildman–Crippen LogP) is 2.94. The van der Waals surface area contributed by atoms with Gasteiger partial charge in [-0.05, 0) is 40.9 Å². The van der Waals surface area contributed by atoms with Gasteiger partial charge in [0.15, 0.2) is 9.84 Å². The van der Waals surface area contributed by atoms with Crippen molar-refractivity contribution in [2.24, 2.45) is 0 Å². The molecular weight excluding hydrogens is 362 g/mol. The van der Waals surface area contributed by atoms with Crippen LogP contribution < -0.4 is 0 Å². The topological polar surface area (TPSA) is 54.5 Å². The van der Waals surface area contributed by atoms with Crippen LogP contribution in [0.25, 0.3) is 0 Å². The molecule has 0 spiro atoms. The Morgan fingerprint density at radius 2 is 2.25 bits per heavy atom. The van der Waals surface area contributed by atoms with E-state index in [1.165, 1.54) is 11.3 Å². The summed E-state index contributed by atoms with van der Waals surface area (Å²) in [5, 5.41) is 0. The van der Waals surface area contributed by atoms with Gasteiger partial charge in [0.25, 0.3) is 5.91 Å². The zero-order valence-corrected chi connectivity index (χ0v) is 14.6. The normalized spacial score (nSPS) is 21.0. The van der Waals surface area contributed by atoms with Gasteiger partial charge in [-0.15, -0.1) is 11.3 Å². The molecule has 0 N–H and O–H groups in total. The monoisotopic (exact) mass is 379 g/mol. The number of thiophene rings is 1. The van der Waals surface area contributed by atoms with Crippen molar-refractivity contribution < 1.29 is 13.2 Å². The third kappa shape index (κ3) is 3.83. The number of rotatable bonds is 5. The van der Waals surface area contributed by atoms with E-state index >= 15 is 0 Å². The maximum atomic E-state index is 12.6. The number of amides is 1. The molecule has 20 heavy (non-hydrogen) atoms. The average molecular weight is 380 g/mol. The van der Waals surface area contributed by atoms with E-state index in [4.69, 9.17) is 0 Å². The summed E-state index contributed by atoms with van der Waals surface area (Å²) in [5.74, 6) is 0.257. The molecule has 1 saturated heterocycles. The van der Waals surface area contributed by atoms with Crippen LogP contribution >= 0.6 is 27.3 Å². The molecule has 4 nitrogen and oxygen atoms in total. The number of hydrogen-bond acceptors (Lipinski definition) is 4. The van der Waals surface area contributed by atoms with Crippen molar-refractivity contribution in [3.8, 4) is 0 Å². The maximum absolute atomic E-state index is 12.6. The number of halogens is 1. The molecule has 1 atom stereocenters. The first kappa shape index (κ1) is 16.0.